The highest BCUT2D eigenvalue weighted by atomic mass is 35.5. The van der Waals surface area contributed by atoms with Gasteiger partial charge in [-0.2, -0.15) is 0 Å². The lowest BCUT2D eigenvalue weighted by molar-refractivity contribution is -0.136. The topological polar surface area (TPSA) is 81.2 Å². The summed E-state index contributed by atoms with van der Waals surface area (Å²) in [5.41, 5.74) is 1.44. The van der Waals surface area contributed by atoms with E-state index >= 15 is 0 Å². The number of rotatable bonds is 4. The number of halogens is 1. The van der Waals surface area contributed by atoms with Crippen molar-refractivity contribution in [1.29, 1.82) is 0 Å². The molecule has 0 bridgehead atoms. The first kappa shape index (κ1) is 21.3. The van der Waals surface area contributed by atoms with Crippen molar-refractivity contribution in [3.8, 4) is 5.75 Å². The normalized spacial score (nSPS) is 18.2. The molecule has 2 aromatic rings. The highest BCUT2D eigenvalue weighted by Crippen LogP contribution is 2.34. The quantitative estimate of drug-likeness (QED) is 0.708. The predicted octanol–water partition coefficient (Wildman–Crippen LogP) is 3.43. The number of nitrogens with zero attached hydrogens (tertiary/aromatic N) is 3. The van der Waals surface area contributed by atoms with Crippen molar-refractivity contribution < 1.29 is 19.5 Å². The van der Waals surface area contributed by atoms with Crippen LogP contribution in [0.25, 0.3) is 6.08 Å². The lowest BCUT2D eigenvalue weighted by Crippen LogP contribution is -2.51. The smallest absolute Gasteiger partial charge is 0.294 e. The molecule has 0 atom stereocenters. The molecule has 2 aromatic carbocycles. The van der Waals surface area contributed by atoms with Gasteiger partial charge in [0.15, 0.2) is 0 Å². The van der Waals surface area contributed by atoms with E-state index in [4.69, 9.17) is 11.6 Å². The van der Waals surface area contributed by atoms with E-state index < -0.39 is 11.1 Å². The van der Waals surface area contributed by atoms with Crippen molar-refractivity contribution in [2.75, 3.05) is 37.6 Å². The average Bonchev–Trinajstić information content (AvgIpc) is 3.04. The number of piperazine rings is 1. The average molecular weight is 458 g/mol. The molecule has 4 rings (SSSR count). The number of hydrogen-bond acceptors (Lipinski definition) is 6. The van der Waals surface area contributed by atoms with E-state index in [1.807, 2.05) is 30.3 Å². The summed E-state index contributed by atoms with van der Waals surface area (Å²) in [4.78, 5) is 42.7. The third-order valence-corrected chi connectivity index (χ3v) is 6.34. The Hall–Kier alpha value is -2.97. The minimum Gasteiger partial charge on any atom is -0.507 e. The molecule has 160 valence electrons. The molecule has 2 aliphatic rings. The fourth-order valence-corrected chi connectivity index (χ4v) is 4.52. The van der Waals surface area contributed by atoms with Gasteiger partial charge in [-0.15, -0.1) is 0 Å². The number of thioether (sulfide) groups is 1. The van der Waals surface area contributed by atoms with Crippen LogP contribution in [0.1, 0.15) is 5.56 Å². The molecule has 2 fully saturated rings. The standard InChI is InChI=1S/C22H20ClN3O4S/c23-16-6-7-18(27)15(12-16)13-19-21(29)26(22(30)31-19)14-20(28)25-10-8-24(9-11-25)17-4-2-1-3-5-17/h1-7,12-13,27H,8-11,14H2. The van der Waals surface area contributed by atoms with Gasteiger partial charge in [0.25, 0.3) is 11.1 Å². The maximum absolute atomic E-state index is 12.7. The number of hydrogen-bond donors (Lipinski definition) is 1. The molecule has 0 aliphatic carbocycles. The molecule has 0 unspecified atom stereocenters. The number of para-hydroxylation sites is 1. The lowest BCUT2D eigenvalue weighted by Gasteiger charge is -2.36. The highest BCUT2D eigenvalue weighted by Gasteiger charge is 2.37. The molecule has 2 aliphatic heterocycles. The highest BCUT2D eigenvalue weighted by molar-refractivity contribution is 8.18. The number of anilines is 1. The summed E-state index contributed by atoms with van der Waals surface area (Å²) in [7, 11) is 0. The summed E-state index contributed by atoms with van der Waals surface area (Å²) in [6.07, 6.45) is 1.41. The van der Waals surface area contributed by atoms with Crippen LogP contribution in [0.2, 0.25) is 5.02 Å². The van der Waals surface area contributed by atoms with Crippen LogP contribution in [0.15, 0.2) is 53.4 Å². The molecule has 2 heterocycles. The molecule has 1 N–H and O–H groups in total. The van der Waals surface area contributed by atoms with E-state index in [0.717, 1.165) is 22.3 Å². The third kappa shape index (κ3) is 4.70. The molecule has 31 heavy (non-hydrogen) atoms. The monoisotopic (exact) mass is 457 g/mol. The number of amides is 3. The Labute approximate surface area is 188 Å². The van der Waals surface area contributed by atoms with Crippen LogP contribution in [0.4, 0.5) is 10.5 Å². The number of imide groups is 1. The molecule has 0 saturated carbocycles. The molecule has 0 spiro atoms. The number of phenols is 1. The summed E-state index contributed by atoms with van der Waals surface area (Å²) >= 11 is 6.68. The molecule has 9 heteroatoms. The SMILES string of the molecule is O=C(CN1C(=O)SC(=Cc2cc(Cl)ccc2O)C1=O)N1CCN(c2ccccc2)CC1. The van der Waals surface area contributed by atoms with Gasteiger partial charge in [0.05, 0.1) is 4.91 Å². The van der Waals surface area contributed by atoms with Crippen LogP contribution in [0.5, 0.6) is 5.75 Å². The van der Waals surface area contributed by atoms with Crippen LogP contribution >= 0.6 is 23.4 Å². The van der Waals surface area contributed by atoms with Gasteiger partial charge in [0.1, 0.15) is 12.3 Å². The van der Waals surface area contributed by atoms with Gasteiger partial charge in [-0.25, -0.2) is 0 Å². The predicted molar refractivity (Wildman–Crippen MR) is 121 cm³/mol. The Morgan fingerprint density at radius 2 is 1.77 bits per heavy atom. The second-order valence-electron chi connectivity index (χ2n) is 7.17. The number of aromatic hydroxyl groups is 1. The Bertz CT molecular complexity index is 1050. The first-order valence-electron chi connectivity index (χ1n) is 9.74. The van der Waals surface area contributed by atoms with Crippen molar-refractivity contribution >= 4 is 52.2 Å². The van der Waals surface area contributed by atoms with Crippen LogP contribution < -0.4 is 4.90 Å². The van der Waals surface area contributed by atoms with E-state index in [9.17, 15) is 19.5 Å². The van der Waals surface area contributed by atoms with Gasteiger partial charge >= 0.3 is 0 Å². The van der Waals surface area contributed by atoms with Crippen molar-refractivity contribution in [2.24, 2.45) is 0 Å². The largest absolute Gasteiger partial charge is 0.507 e. The van der Waals surface area contributed by atoms with Crippen molar-refractivity contribution in [3.63, 3.8) is 0 Å². The second kappa shape index (κ2) is 9.03. The van der Waals surface area contributed by atoms with E-state index in [1.165, 1.54) is 24.3 Å². The zero-order valence-corrected chi connectivity index (χ0v) is 18.1. The summed E-state index contributed by atoms with van der Waals surface area (Å²) in [5.74, 6) is -0.865. The second-order valence-corrected chi connectivity index (χ2v) is 8.60. The van der Waals surface area contributed by atoms with Crippen molar-refractivity contribution in [1.82, 2.24) is 9.80 Å². The lowest BCUT2D eigenvalue weighted by atomic mass is 10.2. The van der Waals surface area contributed by atoms with Gasteiger partial charge in [-0.3, -0.25) is 19.3 Å². The van der Waals surface area contributed by atoms with Crippen molar-refractivity contribution in [2.45, 2.75) is 0 Å². The third-order valence-electron chi connectivity index (χ3n) is 5.20. The maximum atomic E-state index is 12.7. The van der Waals surface area contributed by atoms with E-state index in [2.05, 4.69) is 4.90 Å². The van der Waals surface area contributed by atoms with Crippen LogP contribution in [-0.4, -0.2) is 64.7 Å². The number of phenolic OH excluding ortho intramolecular Hbond substituents is 1. The first-order chi connectivity index (χ1) is 14.9. The molecule has 0 aromatic heterocycles. The van der Waals surface area contributed by atoms with Gasteiger partial charge in [0.2, 0.25) is 5.91 Å². The van der Waals surface area contributed by atoms with E-state index in [0.29, 0.717) is 36.8 Å². The zero-order valence-electron chi connectivity index (χ0n) is 16.5. The van der Waals surface area contributed by atoms with Crippen LogP contribution in [-0.2, 0) is 9.59 Å². The molecule has 3 amide bonds. The van der Waals surface area contributed by atoms with Crippen molar-refractivity contribution in [3.05, 3.63) is 64.0 Å². The van der Waals surface area contributed by atoms with Gasteiger partial charge in [0, 0.05) is 42.5 Å². The van der Waals surface area contributed by atoms with Crippen LogP contribution in [0, 0.1) is 0 Å². The fraction of sp³-hybridized carbons (Fsp3) is 0.227. The molecular weight excluding hydrogens is 438 g/mol. The minimum absolute atomic E-state index is 0.0523. The van der Waals surface area contributed by atoms with Crippen LogP contribution in [0.3, 0.4) is 0 Å². The Morgan fingerprint density at radius 1 is 1.06 bits per heavy atom. The molecule has 0 radical (unpaired) electrons. The first-order valence-corrected chi connectivity index (χ1v) is 10.9. The summed E-state index contributed by atoms with van der Waals surface area (Å²) in [5, 5.41) is 9.84. The summed E-state index contributed by atoms with van der Waals surface area (Å²) in [6, 6.07) is 14.4. The minimum atomic E-state index is -0.550. The fourth-order valence-electron chi connectivity index (χ4n) is 3.51. The number of carbonyl (C=O) groups is 3. The Kier molecular flexibility index (Phi) is 6.20. The summed E-state index contributed by atoms with van der Waals surface area (Å²) < 4.78 is 0. The van der Waals surface area contributed by atoms with Gasteiger partial charge in [-0.05, 0) is 48.2 Å². The zero-order chi connectivity index (χ0) is 22.0. The van der Waals surface area contributed by atoms with Gasteiger partial charge in [-0.1, -0.05) is 29.8 Å². The molecular formula is C22H20ClN3O4S. The Balaban J connectivity index is 1.39. The summed E-state index contributed by atoms with van der Waals surface area (Å²) in [6.45, 7) is 2.12. The Morgan fingerprint density at radius 3 is 2.48 bits per heavy atom. The van der Waals surface area contributed by atoms with E-state index in [1.54, 1.807) is 4.90 Å². The molecule has 2 saturated heterocycles. The van der Waals surface area contributed by atoms with Gasteiger partial charge < -0.3 is 14.9 Å². The number of benzene rings is 2. The van der Waals surface area contributed by atoms with E-state index in [-0.39, 0.29) is 23.1 Å². The number of carbonyl (C=O) groups excluding carboxylic acids is 3. The maximum Gasteiger partial charge on any atom is 0.294 e. The molecule has 7 nitrogen and oxygen atoms in total.